The Morgan fingerprint density at radius 1 is 1.00 bits per heavy atom. The van der Waals surface area contributed by atoms with E-state index in [0.717, 1.165) is 51.9 Å². The van der Waals surface area contributed by atoms with Gasteiger partial charge in [-0.2, -0.15) is 0 Å². The molecule has 5 aromatic rings. The van der Waals surface area contributed by atoms with Crippen molar-refractivity contribution in [2.75, 3.05) is 0 Å². The topological polar surface area (TPSA) is 63.6 Å². The summed E-state index contributed by atoms with van der Waals surface area (Å²) in [4.78, 5) is 17.1. The summed E-state index contributed by atoms with van der Waals surface area (Å²) in [6.45, 7) is 4.18. The summed E-state index contributed by atoms with van der Waals surface area (Å²) in [5.41, 5.74) is 5.75. The van der Waals surface area contributed by atoms with Crippen LogP contribution in [-0.2, 0) is 0 Å². The number of aromatic nitrogens is 4. The van der Waals surface area contributed by atoms with Gasteiger partial charge in [0.05, 0.1) is 10.6 Å². The van der Waals surface area contributed by atoms with E-state index in [1.54, 1.807) is 6.07 Å². The minimum atomic E-state index is -0.160. The maximum absolute atomic E-state index is 13.5. The highest BCUT2D eigenvalue weighted by molar-refractivity contribution is 7.99. The highest BCUT2D eigenvalue weighted by atomic mass is 35.5. The zero-order valence-electron chi connectivity index (χ0n) is 19.4. The molecule has 1 aliphatic rings. The number of hydrogen-bond donors (Lipinski definition) is 1. The number of benzene rings is 3. The summed E-state index contributed by atoms with van der Waals surface area (Å²) in [5.74, 6) is 1.36. The third-order valence-corrected chi connectivity index (χ3v) is 7.67. The molecule has 1 fully saturated rings. The Labute approximate surface area is 212 Å². The Bertz CT molecular complexity index is 1640. The van der Waals surface area contributed by atoms with Crippen LogP contribution in [-0.4, -0.2) is 19.7 Å². The molecule has 0 atom stereocenters. The molecule has 1 N–H and O–H groups in total. The quantitative estimate of drug-likeness (QED) is 0.281. The summed E-state index contributed by atoms with van der Waals surface area (Å²) in [6, 6.07) is 21.9. The van der Waals surface area contributed by atoms with E-state index in [2.05, 4.69) is 51.8 Å². The first-order valence-corrected chi connectivity index (χ1v) is 12.8. The molecule has 0 saturated heterocycles. The van der Waals surface area contributed by atoms with Gasteiger partial charge < -0.3 is 4.98 Å². The lowest BCUT2D eigenvalue weighted by Gasteiger charge is -2.15. The van der Waals surface area contributed by atoms with Crippen molar-refractivity contribution in [1.82, 2.24) is 19.7 Å². The highest BCUT2D eigenvalue weighted by Gasteiger charge is 2.32. The van der Waals surface area contributed by atoms with Gasteiger partial charge in [0, 0.05) is 27.4 Å². The largest absolute Gasteiger partial charge is 0.321 e. The number of nitrogens with one attached hydrogen (secondary N) is 1. The van der Waals surface area contributed by atoms with E-state index in [-0.39, 0.29) is 5.56 Å². The molecule has 0 radical (unpaired) electrons. The Morgan fingerprint density at radius 3 is 2.57 bits per heavy atom. The molecule has 3 aromatic carbocycles. The lowest BCUT2D eigenvalue weighted by atomic mass is 10.0. The first-order valence-electron chi connectivity index (χ1n) is 11.6. The number of rotatable bonds is 5. The smallest absolute Gasteiger partial charge is 0.263 e. The van der Waals surface area contributed by atoms with E-state index in [1.165, 1.54) is 17.3 Å². The van der Waals surface area contributed by atoms with E-state index in [0.29, 0.717) is 21.0 Å². The van der Waals surface area contributed by atoms with Crippen molar-refractivity contribution in [3.05, 3.63) is 99.1 Å². The second-order valence-corrected chi connectivity index (χ2v) is 10.5. The molecule has 1 aliphatic carbocycles. The number of hydrogen-bond acceptors (Lipinski definition) is 4. The van der Waals surface area contributed by atoms with Crippen molar-refractivity contribution < 1.29 is 0 Å². The zero-order valence-corrected chi connectivity index (χ0v) is 21.0. The Morgan fingerprint density at radius 2 is 1.80 bits per heavy atom. The van der Waals surface area contributed by atoms with Crippen molar-refractivity contribution >= 4 is 34.3 Å². The molecule has 7 heteroatoms. The van der Waals surface area contributed by atoms with E-state index >= 15 is 0 Å². The van der Waals surface area contributed by atoms with E-state index < -0.39 is 0 Å². The molecule has 174 valence electrons. The van der Waals surface area contributed by atoms with Gasteiger partial charge >= 0.3 is 0 Å². The molecular weight excluding hydrogens is 476 g/mol. The molecule has 0 aliphatic heterocycles. The number of aromatic amines is 1. The fraction of sp³-hybridized carbons (Fsp3) is 0.179. The van der Waals surface area contributed by atoms with Gasteiger partial charge in [-0.1, -0.05) is 54.1 Å². The van der Waals surface area contributed by atoms with Gasteiger partial charge in [0.25, 0.3) is 5.56 Å². The Hall–Kier alpha value is -3.35. The average Bonchev–Trinajstić information content (AvgIpc) is 3.62. The summed E-state index contributed by atoms with van der Waals surface area (Å²) in [5, 5.41) is 11.4. The summed E-state index contributed by atoms with van der Waals surface area (Å²) in [6.07, 6.45) is 2.22. The average molecular weight is 499 g/mol. The van der Waals surface area contributed by atoms with Crippen LogP contribution in [0.25, 0.3) is 27.7 Å². The van der Waals surface area contributed by atoms with E-state index in [4.69, 9.17) is 11.6 Å². The van der Waals surface area contributed by atoms with Crippen LogP contribution in [0.15, 0.2) is 81.6 Å². The fourth-order valence-electron chi connectivity index (χ4n) is 4.47. The van der Waals surface area contributed by atoms with Crippen LogP contribution in [0.2, 0.25) is 5.02 Å². The van der Waals surface area contributed by atoms with Crippen LogP contribution < -0.4 is 5.56 Å². The Kier molecular flexibility index (Phi) is 5.50. The molecule has 0 bridgehead atoms. The predicted octanol–water partition coefficient (Wildman–Crippen LogP) is 7.07. The number of nitrogens with zero attached hydrogens (tertiary/aromatic N) is 3. The maximum Gasteiger partial charge on any atom is 0.263 e. The number of fused-ring (bicyclic) bond motifs is 1. The molecule has 6 rings (SSSR count). The molecule has 0 unspecified atom stereocenters. The van der Waals surface area contributed by atoms with Crippen molar-refractivity contribution in [1.29, 1.82) is 0 Å². The molecule has 1 saturated carbocycles. The van der Waals surface area contributed by atoms with Crippen LogP contribution >= 0.6 is 23.4 Å². The zero-order chi connectivity index (χ0) is 24.1. The molecule has 5 nitrogen and oxygen atoms in total. The van der Waals surface area contributed by atoms with Gasteiger partial charge in [0.15, 0.2) is 0 Å². The van der Waals surface area contributed by atoms with Crippen LogP contribution in [0.4, 0.5) is 0 Å². The van der Waals surface area contributed by atoms with Crippen LogP contribution in [0.3, 0.4) is 0 Å². The van der Waals surface area contributed by atoms with Gasteiger partial charge in [-0.3, -0.25) is 9.36 Å². The standard InChI is InChI=1S/C28H23ClN4OS/c1-16-8-9-17(2)23(14-16)33-26(19-10-11-19)31-32-28(33)35-25-24(18-6-4-3-5-7-18)21-15-20(29)12-13-22(21)30-27(25)34/h3-9,12-15,19H,10-11H2,1-2H3,(H,30,34). The lowest BCUT2D eigenvalue weighted by Crippen LogP contribution is -2.12. The third-order valence-electron chi connectivity index (χ3n) is 6.39. The van der Waals surface area contributed by atoms with Gasteiger partial charge in [0.1, 0.15) is 5.82 Å². The van der Waals surface area contributed by atoms with Crippen molar-refractivity contribution in [3.63, 3.8) is 0 Å². The van der Waals surface area contributed by atoms with Gasteiger partial charge in [-0.25, -0.2) is 0 Å². The van der Waals surface area contributed by atoms with Crippen molar-refractivity contribution in [2.45, 2.75) is 42.7 Å². The van der Waals surface area contributed by atoms with Gasteiger partial charge in [-0.05, 0) is 79.4 Å². The lowest BCUT2D eigenvalue weighted by molar-refractivity contribution is 0.823. The first-order chi connectivity index (χ1) is 17.0. The number of halogens is 1. The first kappa shape index (κ1) is 22.1. The SMILES string of the molecule is Cc1ccc(C)c(-n2c(Sc3c(-c4ccccc4)c4cc(Cl)ccc4[nH]c3=O)nnc2C2CC2)c1. The molecule has 2 aromatic heterocycles. The number of H-pyrrole nitrogens is 1. The van der Waals surface area contributed by atoms with Crippen LogP contribution in [0.5, 0.6) is 0 Å². The fourth-order valence-corrected chi connectivity index (χ4v) is 5.66. The summed E-state index contributed by atoms with van der Waals surface area (Å²) >= 11 is 7.75. The van der Waals surface area contributed by atoms with Crippen molar-refractivity contribution in [3.8, 4) is 16.8 Å². The number of pyridine rings is 1. The molecular formula is C28H23ClN4OS. The third kappa shape index (κ3) is 4.07. The second kappa shape index (κ2) is 8.70. The van der Waals surface area contributed by atoms with Gasteiger partial charge in [-0.15, -0.1) is 10.2 Å². The normalized spacial score (nSPS) is 13.5. The van der Waals surface area contributed by atoms with E-state index in [9.17, 15) is 4.79 Å². The highest BCUT2D eigenvalue weighted by Crippen LogP contribution is 2.44. The maximum atomic E-state index is 13.5. The monoisotopic (exact) mass is 498 g/mol. The molecule has 2 heterocycles. The van der Waals surface area contributed by atoms with Crippen LogP contribution in [0, 0.1) is 13.8 Å². The molecule has 0 spiro atoms. The summed E-state index contributed by atoms with van der Waals surface area (Å²) in [7, 11) is 0. The molecule has 35 heavy (non-hydrogen) atoms. The minimum Gasteiger partial charge on any atom is -0.321 e. The van der Waals surface area contributed by atoms with Gasteiger partial charge in [0.2, 0.25) is 5.16 Å². The Balaban J connectivity index is 1.60. The van der Waals surface area contributed by atoms with Crippen molar-refractivity contribution in [2.24, 2.45) is 0 Å². The predicted molar refractivity (Wildman–Crippen MR) is 142 cm³/mol. The minimum absolute atomic E-state index is 0.160. The number of aryl methyl sites for hydroxylation is 2. The van der Waals surface area contributed by atoms with Crippen LogP contribution in [0.1, 0.15) is 35.7 Å². The second-order valence-electron chi connectivity index (χ2n) is 9.06. The molecule has 0 amide bonds. The summed E-state index contributed by atoms with van der Waals surface area (Å²) < 4.78 is 2.14. The van der Waals surface area contributed by atoms with E-state index in [1.807, 2.05) is 42.5 Å².